The molecular weight excluding hydrogens is 908 g/mol. The molecule has 7 aliphatic carbocycles. The van der Waals surface area contributed by atoms with Gasteiger partial charge in [-0.05, 0) is 233 Å². The molecule has 5 fully saturated rings. The average Bonchev–Trinajstić information content (AvgIpc) is 4.42. The predicted octanol–water partition coefficient (Wildman–Crippen LogP) is 18.1. The van der Waals surface area contributed by atoms with Gasteiger partial charge in [0.15, 0.2) is 0 Å². The lowest BCUT2D eigenvalue weighted by molar-refractivity contribution is 0.332. The van der Waals surface area contributed by atoms with Crippen LogP contribution < -0.4 is 26.4 Å². The molecule has 1 aromatic heterocycles. The second kappa shape index (κ2) is 16.8. The van der Waals surface area contributed by atoms with Gasteiger partial charge in [0.1, 0.15) is 5.58 Å². The van der Waals surface area contributed by atoms with Crippen molar-refractivity contribution in [3.05, 3.63) is 148 Å². The summed E-state index contributed by atoms with van der Waals surface area (Å²) in [5.41, 5.74) is 27.1. The molecule has 16 rings (SSSR count). The molecule has 2 bridgehead atoms. The first-order chi connectivity index (χ1) is 36.7. The Morgan fingerprint density at radius 2 is 1.00 bits per heavy atom. The largest absolute Gasteiger partial charge is 0.468 e. The van der Waals surface area contributed by atoms with E-state index in [-0.39, 0.29) is 23.0 Å². The lowest BCUT2D eigenvalue weighted by atomic mass is 9.35. The molecule has 0 saturated heterocycles. The summed E-state index contributed by atoms with van der Waals surface area (Å²) in [4.78, 5) is 5.58. The van der Waals surface area contributed by atoms with Crippen molar-refractivity contribution in [3.8, 4) is 11.1 Å². The zero-order valence-corrected chi connectivity index (χ0v) is 45.5. The highest BCUT2D eigenvalue weighted by Crippen LogP contribution is 2.68. The standard InChI is InChI=1S/C71H77BN2O/c1-69(2)36-37-70(3,4)60-43-52(31-33-58(60)69)73-62-39-48(45-18-10-6-11-19-45)24-34-61(62)72-66-63(73)40-49(46-20-12-7-13-21-46)41-64(66)74(67-56-38-47(44-16-8-5-9-17-44)25-35-65(56)75-68(67)72)53-30-32-55-54-22-14-15-23-57(54)71(59(55)42-53)50-26-27-51(71)29-28-50/h14-15,22-25,30-35,38-46,50-51H,5-13,16-21,26-29,36-37H2,1-4H3. The minimum absolute atomic E-state index is 0.0393. The van der Waals surface area contributed by atoms with E-state index in [1.54, 1.807) is 11.1 Å². The Hall–Kier alpha value is -5.48. The number of benzene rings is 6. The van der Waals surface area contributed by atoms with Crippen molar-refractivity contribution >= 4 is 68.4 Å². The van der Waals surface area contributed by atoms with Crippen LogP contribution in [-0.4, -0.2) is 6.71 Å². The smallest absolute Gasteiger partial charge is 0.297 e. The number of nitrogens with zero attached hydrogens (tertiary/aromatic N) is 2. The molecular formula is C71H77BN2O. The van der Waals surface area contributed by atoms with Gasteiger partial charge in [-0.3, -0.25) is 0 Å². The molecule has 2 aliphatic heterocycles. The number of hydrogen-bond acceptors (Lipinski definition) is 3. The van der Waals surface area contributed by atoms with E-state index in [1.165, 1.54) is 224 Å². The first-order valence-corrected chi connectivity index (χ1v) is 30.5. The SMILES string of the molecule is CC1(C)CCC(C)(C)c2cc(N3c4cc(C5CCCCC5)ccc4B4c5oc6ccc(C7CCCCC7)cc6c5N(c5ccc6c(c5)C5(c7ccccc7-6)C6CCC5CC6)c5cc(C6CCCCC6)cc3c54)ccc21. The third-order valence-corrected chi connectivity index (χ3v) is 22.4. The predicted molar refractivity (Wildman–Crippen MR) is 315 cm³/mol. The van der Waals surface area contributed by atoms with Crippen LogP contribution >= 0.6 is 0 Å². The lowest BCUT2D eigenvalue weighted by Crippen LogP contribution is -2.61. The molecule has 9 aliphatic rings. The summed E-state index contributed by atoms with van der Waals surface area (Å²) >= 11 is 0. The summed E-state index contributed by atoms with van der Waals surface area (Å²) in [5, 5.41) is 1.30. The first kappa shape index (κ1) is 45.7. The van der Waals surface area contributed by atoms with Gasteiger partial charge < -0.3 is 14.2 Å². The van der Waals surface area contributed by atoms with Gasteiger partial charge in [0, 0.05) is 39.2 Å². The van der Waals surface area contributed by atoms with Gasteiger partial charge in [-0.2, -0.15) is 0 Å². The quantitative estimate of drug-likeness (QED) is 0.160. The number of anilines is 6. The van der Waals surface area contributed by atoms with Crippen molar-refractivity contribution in [2.75, 3.05) is 9.80 Å². The van der Waals surface area contributed by atoms with Crippen LogP contribution in [0.5, 0.6) is 0 Å². The molecule has 3 nitrogen and oxygen atoms in total. The van der Waals surface area contributed by atoms with Crippen molar-refractivity contribution in [2.45, 2.75) is 197 Å². The van der Waals surface area contributed by atoms with Crippen LogP contribution in [0.2, 0.25) is 0 Å². The Bertz CT molecular complexity index is 3440. The first-order valence-electron chi connectivity index (χ1n) is 30.5. The molecule has 7 aromatic rings. The summed E-state index contributed by atoms with van der Waals surface area (Å²) < 4.78 is 7.67. The molecule has 1 spiro atoms. The van der Waals surface area contributed by atoms with Gasteiger partial charge in [0.2, 0.25) is 0 Å². The van der Waals surface area contributed by atoms with Gasteiger partial charge in [-0.15, -0.1) is 0 Å². The van der Waals surface area contributed by atoms with E-state index in [4.69, 9.17) is 4.42 Å². The topological polar surface area (TPSA) is 19.6 Å². The molecule has 75 heavy (non-hydrogen) atoms. The summed E-state index contributed by atoms with van der Waals surface area (Å²) in [7, 11) is 0. The van der Waals surface area contributed by atoms with E-state index in [0.29, 0.717) is 29.6 Å². The van der Waals surface area contributed by atoms with Crippen molar-refractivity contribution in [3.63, 3.8) is 0 Å². The average molecular weight is 985 g/mol. The second-order valence-electron chi connectivity index (χ2n) is 27.2. The van der Waals surface area contributed by atoms with Crippen LogP contribution in [0.25, 0.3) is 22.1 Å². The Kier molecular flexibility index (Phi) is 10.2. The van der Waals surface area contributed by atoms with Crippen LogP contribution in [-0.2, 0) is 16.2 Å². The number of hydrogen-bond donors (Lipinski definition) is 0. The molecule has 5 saturated carbocycles. The Balaban J connectivity index is 0.991. The van der Waals surface area contributed by atoms with Crippen LogP contribution in [0.1, 0.15) is 219 Å². The van der Waals surface area contributed by atoms with Crippen molar-refractivity contribution < 1.29 is 4.42 Å². The summed E-state index contributed by atoms with van der Waals surface area (Å²) in [6, 6.07) is 45.8. The van der Waals surface area contributed by atoms with Gasteiger partial charge in [-0.25, -0.2) is 0 Å². The van der Waals surface area contributed by atoms with Gasteiger partial charge in [0.25, 0.3) is 6.71 Å². The Morgan fingerprint density at radius 1 is 0.453 bits per heavy atom. The van der Waals surface area contributed by atoms with Crippen molar-refractivity contribution in [2.24, 2.45) is 11.8 Å². The minimum Gasteiger partial charge on any atom is -0.468 e. The van der Waals surface area contributed by atoms with Gasteiger partial charge in [-0.1, -0.05) is 140 Å². The molecule has 0 atom stereocenters. The highest BCUT2D eigenvalue weighted by molar-refractivity contribution is 7.00. The highest BCUT2D eigenvalue weighted by atomic mass is 16.3. The Labute approximate surface area is 448 Å². The van der Waals surface area contributed by atoms with Crippen LogP contribution in [0.15, 0.2) is 114 Å². The van der Waals surface area contributed by atoms with E-state index >= 15 is 0 Å². The fourth-order valence-corrected chi connectivity index (χ4v) is 18.5. The second-order valence-corrected chi connectivity index (χ2v) is 27.2. The van der Waals surface area contributed by atoms with E-state index in [1.807, 2.05) is 0 Å². The minimum atomic E-state index is -0.0393. The van der Waals surface area contributed by atoms with Crippen LogP contribution in [0.3, 0.4) is 0 Å². The maximum absolute atomic E-state index is 7.67. The maximum Gasteiger partial charge on any atom is 0.297 e. The van der Waals surface area contributed by atoms with Crippen molar-refractivity contribution in [1.82, 2.24) is 0 Å². The highest BCUT2D eigenvalue weighted by Gasteiger charge is 2.60. The lowest BCUT2D eigenvalue weighted by Gasteiger charge is -2.45. The molecule has 3 heterocycles. The third-order valence-electron chi connectivity index (χ3n) is 22.4. The molecule has 0 N–H and O–H groups in total. The molecule has 6 aromatic carbocycles. The zero-order chi connectivity index (χ0) is 50.0. The van der Waals surface area contributed by atoms with Gasteiger partial charge >= 0.3 is 0 Å². The molecule has 380 valence electrons. The zero-order valence-electron chi connectivity index (χ0n) is 45.5. The van der Waals surface area contributed by atoms with E-state index in [0.717, 1.165) is 11.2 Å². The van der Waals surface area contributed by atoms with Crippen molar-refractivity contribution in [1.29, 1.82) is 0 Å². The normalized spacial score (nSPS) is 25.3. The number of fused-ring (bicyclic) bond motifs is 10. The number of furan rings is 1. The monoisotopic (exact) mass is 985 g/mol. The third kappa shape index (κ3) is 6.59. The molecule has 0 amide bonds. The van der Waals surface area contributed by atoms with Gasteiger partial charge in [0.05, 0.1) is 11.3 Å². The Morgan fingerprint density at radius 3 is 1.69 bits per heavy atom. The number of rotatable bonds is 5. The summed E-state index contributed by atoms with van der Waals surface area (Å²) in [5.74, 6) is 3.15. The molecule has 0 unspecified atom stereocenters. The van der Waals surface area contributed by atoms with E-state index in [9.17, 15) is 0 Å². The fourth-order valence-electron chi connectivity index (χ4n) is 18.5. The fraction of sp³-hybridized carbons (Fsp3) is 0.465. The molecule has 4 heteroatoms. The van der Waals surface area contributed by atoms with Crippen LogP contribution in [0.4, 0.5) is 34.1 Å². The van der Waals surface area contributed by atoms with E-state index < -0.39 is 0 Å². The maximum atomic E-state index is 7.67. The molecule has 0 radical (unpaired) electrons. The van der Waals surface area contributed by atoms with E-state index in [2.05, 4.69) is 147 Å². The summed E-state index contributed by atoms with van der Waals surface area (Å²) in [6.45, 7) is 9.94. The van der Waals surface area contributed by atoms with Crippen LogP contribution in [0, 0.1) is 11.8 Å². The summed E-state index contributed by atoms with van der Waals surface area (Å²) in [6.07, 6.45) is 27.5.